The molecule has 4 rings (SSSR count). The van der Waals surface area contributed by atoms with Crippen LogP contribution in [0.4, 0.5) is 11.5 Å². The summed E-state index contributed by atoms with van der Waals surface area (Å²) in [4.78, 5) is 26.5. The van der Waals surface area contributed by atoms with E-state index in [9.17, 15) is 9.59 Å². The molecule has 0 radical (unpaired) electrons. The number of thiophene rings is 1. The molecule has 3 heterocycles. The van der Waals surface area contributed by atoms with Gasteiger partial charge in [0.25, 0.3) is 11.8 Å². The first kappa shape index (κ1) is 21.6. The van der Waals surface area contributed by atoms with Crippen LogP contribution in [0.5, 0.6) is 0 Å². The van der Waals surface area contributed by atoms with Crippen LogP contribution in [0.2, 0.25) is 0 Å². The van der Waals surface area contributed by atoms with E-state index in [0.717, 1.165) is 9.75 Å². The number of benzene rings is 1. The number of hydrogen-bond acceptors (Lipinski definition) is 11. The van der Waals surface area contributed by atoms with Crippen LogP contribution >= 0.6 is 11.3 Å². The van der Waals surface area contributed by atoms with Gasteiger partial charge in [-0.2, -0.15) is 9.78 Å². The molecular formula is C19H18N10O3S. The van der Waals surface area contributed by atoms with Crippen molar-refractivity contribution in [3.05, 3.63) is 63.1 Å². The van der Waals surface area contributed by atoms with E-state index in [1.165, 1.54) is 22.2 Å². The number of amides is 2. The minimum atomic E-state index is -0.610. The number of nitrogen functional groups attached to an aromatic ring is 1. The molecule has 0 unspecified atom stereocenters. The molecule has 0 saturated heterocycles. The molecule has 0 bridgehead atoms. The summed E-state index contributed by atoms with van der Waals surface area (Å²) >= 11 is 1.53. The molecule has 6 N–H and O–H groups in total. The number of nitrogens with one attached hydrogen (secondary N) is 2. The summed E-state index contributed by atoms with van der Waals surface area (Å²) in [5, 5.41) is 22.2. The number of carbonyl (C=O) groups is 2. The number of rotatable bonds is 8. The number of anilines is 2. The van der Waals surface area contributed by atoms with Crippen molar-refractivity contribution in [2.45, 2.75) is 13.5 Å². The highest BCUT2D eigenvalue weighted by Crippen LogP contribution is 2.20. The van der Waals surface area contributed by atoms with Gasteiger partial charge >= 0.3 is 0 Å². The topological polar surface area (TPSA) is 192 Å². The fourth-order valence-corrected chi connectivity index (χ4v) is 3.66. The van der Waals surface area contributed by atoms with Gasteiger partial charge in [0.1, 0.15) is 0 Å². The van der Waals surface area contributed by atoms with Crippen molar-refractivity contribution >= 4 is 40.9 Å². The largest absolute Gasteiger partial charge is 0.379 e. The third kappa shape index (κ3) is 4.69. The first-order chi connectivity index (χ1) is 15.9. The molecule has 0 aliphatic heterocycles. The Balaban J connectivity index is 1.61. The molecule has 0 aliphatic carbocycles. The minimum Gasteiger partial charge on any atom is -0.379 e. The summed E-state index contributed by atoms with van der Waals surface area (Å²) in [6.07, 6.45) is 1.53. The first-order valence-corrected chi connectivity index (χ1v) is 10.3. The van der Waals surface area contributed by atoms with E-state index in [-0.39, 0.29) is 35.1 Å². The van der Waals surface area contributed by atoms with Crippen molar-refractivity contribution in [3.8, 4) is 5.82 Å². The highest BCUT2D eigenvalue weighted by molar-refractivity contribution is 7.13. The molecule has 0 aliphatic rings. The second kappa shape index (κ2) is 9.27. The maximum Gasteiger partial charge on any atom is 0.293 e. The predicted octanol–water partition coefficient (Wildman–Crippen LogP) is 1.08. The zero-order valence-corrected chi connectivity index (χ0v) is 18.0. The molecule has 14 heteroatoms. The molecule has 0 saturated carbocycles. The molecule has 13 nitrogen and oxygen atoms in total. The average Bonchev–Trinajstić information content (AvgIpc) is 3.52. The van der Waals surface area contributed by atoms with Gasteiger partial charge in [-0.1, -0.05) is 17.3 Å². The average molecular weight is 466 g/mol. The number of nitrogens with two attached hydrogens (primary N) is 2. The number of nitrogens with zero attached hydrogens (tertiary/aromatic N) is 6. The van der Waals surface area contributed by atoms with Crippen molar-refractivity contribution in [2.24, 2.45) is 10.8 Å². The summed E-state index contributed by atoms with van der Waals surface area (Å²) in [6.45, 7) is 1.99. The summed E-state index contributed by atoms with van der Waals surface area (Å²) in [5.74, 6) is -1.21. The van der Waals surface area contributed by atoms with Crippen molar-refractivity contribution in [1.82, 2.24) is 30.7 Å². The van der Waals surface area contributed by atoms with Gasteiger partial charge in [0.2, 0.25) is 11.6 Å². The Labute approximate surface area is 190 Å². The lowest BCUT2D eigenvalue weighted by atomic mass is 10.1. The minimum absolute atomic E-state index is 0.0141. The van der Waals surface area contributed by atoms with E-state index < -0.39 is 11.8 Å². The Morgan fingerprint density at radius 2 is 2.06 bits per heavy atom. The van der Waals surface area contributed by atoms with Gasteiger partial charge in [-0.15, -0.1) is 16.4 Å². The lowest BCUT2D eigenvalue weighted by Gasteiger charge is -2.11. The summed E-state index contributed by atoms with van der Waals surface area (Å²) < 4.78 is 5.85. The normalized spacial score (nSPS) is 11.1. The van der Waals surface area contributed by atoms with Crippen molar-refractivity contribution < 1.29 is 14.2 Å². The number of carbonyl (C=O) groups excluding carboxylic acids is 2. The summed E-state index contributed by atoms with van der Waals surface area (Å²) in [7, 11) is 0. The van der Waals surface area contributed by atoms with E-state index >= 15 is 0 Å². The molecule has 0 spiro atoms. The fourth-order valence-electron chi connectivity index (χ4n) is 2.91. The summed E-state index contributed by atoms with van der Waals surface area (Å²) in [5.41, 5.74) is 14.6. The van der Waals surface area contributed by atoms with E-state index in [1.54, 1.807) is 24.3 Å². The Hall–Kier alpha value is -4.59. The maximum absolute atomic E-state index is 12.8. The predicted molar refractivity (Wildman–Crippen MR) is 120 cm³/mol. The summed E-state index contributed by atoms with van der Waals surface area (Å²) in [6, 6.07) is 10.5. The van der Waals surface area contributed by atoms with Crippen LogP contribution in [0.25, 0.3) is 5.82 Å². The van der Waals surface area contributed by atoms with Crippen LogP contribution in [0.15, 0.2) is 46.1 Å². The number of primary amides is 1. The lowest BCUT2D eigenvalue weighted by molar-refractivity contribution is 0.0947. The molecule has 4 aromatic rings. The van der Waals surface area contributed by atoms with Gasteiger partial charge < -0.3 is 16.8 Å². The van der Waals surface area contributed by atoms with Gasteiger partial charge in [0.05, 0.1) is 24.0 Å². The zero-order valence-electron chi connectivity index (χ0n) is 17.2. The SMILES string of the molecule is Cc1ccc(C=NNC(=O)c2nnn(-c3nonc3N)c2CNc2ccccc2C(N)=O)s1. The van der Waals surface area contributed by atoms with Crippen LogP contribution in [-0.2, 0) is 6.54 Å². The second-order valence-corrected chi connectivity index (χ2v) is 8.00. The Bertz CT molecular complexity index is 1340. The van der Waals surface area contributed by atoms with E-state index in [4.69, 9.17) is 11.5 Å². The van der Waals surface area contributed by atoms with Gasteiger partial charge in [0, 0.05) is 15.4 Å². The standard InChI is InChI=1S/C19H18N10O3S/c1-10-6-7-11(33-10)8-23-25-19(31)15-14(29(28-24-15)18-16(20)26-32-27-18)9-22-13-5-3-2-4-12(13)17(21)30/h2-8,22H,9H2,1H3,(H2,20,26)(H2,21,30)(H,25,31). The van der Waals surface area contributed by atoms with Gasteiger partial charge in [0.15, 0.2) is 5.69 Å². The van der Waals surface area contributed by atoms with E-state index in [1.807, 2.05) is 19.1 Å². The van der Waals surface area contributed by atoms with Crippen LogP contribution in [0, 0.1) is 6.92 Å². The number of hydrazone groups is 1. The molecule has 168 valence electrons. The third-order valence-electron chi connectivity index (χ3n) is 4.43. The number of aryl methyl sites for hydroxylation is 1. The zero-order chi connectivity index (χ0) is 23.4. The maximum atomic E-state index is 12.8. The lowest BCUT2D eigenvalue weighted by Crippen LogP contribution is -2.22. The molecule has 33 heavy (non-hydrogen) atoms. The van der Waals surface area contributed by atoms with E-state index in [0.29, 0.717) is 5.69 Å². The quantitative estimate of drug-likeness (QED) is 0.217. The van der Waals surface area contributed by atoms with Gasteiger partial charge in [-0.05, 0) is 41.5 Å². The van der Waals surface area contributed by atoms with Gasteiger partial charge in [-0.25, -0.2) is 10.1 Å². The Kier molecular flexibility index (Phi) is 6.08. The third-order valence-corrected chi connectivity index (χ3v) is 5.37. The van der Waals surface area contributed by atoms with Crippen LogP contribution < -0.4 is 22.2 Å². The second-order valence-electron chi connectivity index (χ2n) is 6.68. The fraction of sp³-hybridized carbons (Fsp3) is 0.105. The molecular weight excluding hydrogens is 448 g/mol. The highest BCUT2D eigenvalue weighted by Gasteiger charge is 2.24. The van der Waals surface area contributed by atoms with Crippen molar-refractivity contribution in [3.63, 3.8) is 0 Å². The molecule has 1 aromatic carbocycles. The highest BCUT2D eigenvalue weighted by atomic mass is 32.1. The Morgan fingerprint density at radius 1 is 1.24 bits per heavy atom. The number of hydrogen-bond donors (Lipinski definition) is 4. The van der Waals surface area contributed by atoms with Crippen LogP contribution in [0.1, 0.15) is 36.3 Å². The monoisotopic (exact) mass is 466 g/mol. The van der Waals surface area contributed by atoms with E-state index in [2.05, 4.69) is 41.1 Å². The molecule has 3 aromatic heterocycles. The molecule has 2 amide bonds. The number of aromatic nitrogens is 5. The molecule has 0 fully saturated rings. The van der Waals surface area contributed by atoms with Crippen molar-refractivity contribution in [2.75, 3.05) is 11.1 Å². The van der Waals surface area contributed by atoms with Crippen LogP contribution in [0.3, 0.4) is 0 Å². The number of para-hydroxylation sites is 1. The van der Waals surface area contributed by atoms with Gasteiger partial charge in [-0.3, -0.25) is 9.59 Å². The first-order valence-electron chi connectivity index (χ1n) is 9.49. The van der Waals surface area contributed by atoms with Crippen molar-refractivity contribution in [1.29, 1.82) is 0 Å². The Morgan fingerprint density at radius 3 is 2.76 bits per heavy atom. The molecule has 0 atom stereocenters. The van der Waals surface area contributed by atoms with Crippen LogP contribution in [-0.4, -0.2) is 43.3 Å². The smallest absolute Gasteiger partial charge is 0.293 e.